The average molecular weight is 272 g/mol. The minimum Gasteiger partial charge on any atom is -0.484 e. The lowest BCUT2D eigenvalue weighted by Gasteiger charge is -2.11. The molecule has 1 unspecified atom stereocenters. The van der Waals surface area contributed by atoms with Crippen molar-refractivity contribution >= 4 is 17.5 Å². The van der Waals surface area contributed by atoms with E-state index in [9.17, 15) is 9.90 Å². The van der Waals surface area contributed by atoms with Gasteiger partial charge in [-0.05, 0) is 37.1 Å². The highest BCUT2D eigenvalue weighted by molar-refractivity contribution is 6.30. The molecule has 0 spiro atoms. The molecule has 0 saturated carbocycles. The lowest BCUT2D eigenvalue weighted by molar-refractivity contribution is -0.123. The molecule has 0 aliphatic carbocycles. The fraction of sp³-hybridized carbons (Fsp3) is 0.462. The lowest BCUT2D eigenvalue weighted by Crippen LogP contribution is -2.35. The summed E-state index contributed by atoms with van der Waals surface area (Å²) in [4.78, 5) is 11.4. The summed E-state index contributed by atoms with van der Waals surface area (Å²) >= 11 is 5.82. The van der Waals surface area contributed by atoms with Crippen LogP contribution in [0.15, 0.2) is 18.2 Å². The van der Waals surface area contributed by atoms with E-state index >= 15 is 0 Å². The summed E-state index contributed by atoms with van der Waals surface area (Å²) in [6, 6.07) is 5.21. The number of hydrogen-bond acceptors (Lipinski definition) is 3. The van der Waals surface area contributed by atoms with E-state index in [4.69, 9.17) is 16.3 Å². The topological polar surface area (TPSA) is 58.6 Å². The first-order chi connectivity index (χ1) is 8.52. The first-order valence-corrected chi connectivity index (χ1v) is 6.24. The van der Waals surface area contributed by atoms with Crippen molar-refractivity contribution in [3.63, 3.8) is 0 Å². The van der Waals surface area contributed by atoms with Crippen molar-refractivity contribution < 1.29 is 14.6 Å². The van der Waals surface area contributed by atoms with E-state index in [1.165, 1.54) is 0 Å². The van der Waals surface area contributed by atoms with Crippen LogP contribution in [0.3, 0.4) is 0 Å². The second-order valence-electron chi connectivity index (χ2n) is 4.06. The van der Waals surface area contributed by atoms with Gasteiger partial charge in [-0.1, -0.05) is 18.5 Å². The highest BCUT2D eigenvalue weighted by Gasteiger charge is 2.07. The third kappa shape index (κ3) is 4.94. The molecule has 0 aromatic heterocycles. The molecule has 0 aliphatic rings. The number of carbonyl (C=O) groups is 1. The summed E-state index contributed by atoms with van der Waals surface area (Å²) in [7, 11) is 0. The second-order valence-corrected chi connectivity index (χ2v) is 4.50. The molecule has 100 valence electrons. The van der Waals surface area contributed by atoms with Crippen molar-refractivity contribution in [1.29, 1.82) is 0 Å². The van der Waals surface area contributed by atoms with Crippen LogP contribution in [0.1, 0.15) is 18.9 Å². The first-order valence-electron chi connectivity index (χ1n) is 5.86. The Balaban J connectivity index is 2.38. The molecule has 2 N–H and O–H groups in total. The number of aliphatic hydroxyl groups excluding tert-OH is 1. The molecule has 0 saturated heterocycles. The second kappa shape index (κ2) is 7.24. The molecule has 0 fully saturated rings. The maximum absolute atomic E-state index is 11.4. The third-order valence-corrected chi connectivity index (χ3v) is 2.74. The van der Waals surface area contributed by atoms with Crippen LogP contribution >= 0.6 is 11.6 Å². The molecule has 1 aromatic carbocycles. The van der Waals surface area contributed by atoms with Gasteiger partial charge in [-0.15, -0.1) is 0 Å². The zero-order chi connectivity index (χ0) is 13.5. The molecule has 18 heavy (non-hydrogen) atoms. The van der Waals surface area contributed by atoms with Gasteiger partial charge in [0.05, 0.1) is 6.10 Å². The first kappa shape index (κ1) is 14.8. The van der Waals surface area contributed by atoms with Crippen molar-refractivity contribution in [1.82, 2.24) is 5.32 Å². The van der Waals surface area contributed by atoms with E-state index < -0.39 is 6.10 Å². The largest absolute Gasteiger partial charge is 0.484 e. The fourth-order valence-electron chi connectivity index (χ4n) is 1.35. The molecular formula is C13H18ClNO3. The Morgan fingerprint density at radius 1 is 1.56 bits per heavy atom. The number of ether oxygens (including phenoxy) is 1. The SMILES string of the molecule is CCC(O)CNC(=O)COc1ccc(Cl)cc1C. The van der Waals surface area contributed by atoms with Crippen molar-refractivity contribution in [2.75, 3.05) is 13.2 Å². The van der Waals surface area contributed by atoms with E-state index in [0.717, 1.165) is 5.56 Å². The monoisotopic (exact) mass is 271 g/mol. The van der Waals surface area contributed by atoms with Crippen molar-refractivity contribution in [2.45, 2.75) is 26.4 Å². The minimum absolute atomic E-state index is 0.0705. The molecule has 1 amide bonds. The molecule has 1 aromatic rings. The van der Waals surface area contributed by atoms with Crippen LogP contribution in [0.25, 0.3) is 0 Å². The number of aryl methyl sites for hydroxylation is 1. The highest BCUT2D eigenvalue weighted by atomic mass is 35.5. The summed E-state index contributed by atoms with van der Waals surface area (Å²) in [5, 5.41) is 12.5. The van der Waals surface area contributed by atoms with Crippen molar-refractivity contribution in [3.05, 3.63) is 28.8 Å². The van der Waals surface area contributed by atoms with E-state index in [2.05, 4.69) is 5.32 Å². The van der Waals surface area contributed by atoms with Crippen LogP contribution < -0.4 is 10.1 Å². The summed E-state index contributed by atoms with van der Waals surface area (Å²) in [6.07, 6.45) is 0.100. The number of benzene rings is 1. The standard InChI is InChI=1S/C13H18ClNO3/c1-3-11(16)7-15-13(17)8-18-12-5-4-10(14)6-9(12)2/h4-6,11,16H,3,7-8H2,1-2H3,(H,15,17). The molecule has 1 rings (SSSR count). The van der Waals surface area contributed by atoms with E-state index in [1.807, 2.05) is 13.8 Å². The molecule has 1 atom stereocenters. The number of aliphatic hydroxyl groups is 1. The van der Waals surface area contributed by atoms with Gasteiger partial charge < -0.3 is 15.2 Å². The van der Waals surface area contributed by atoms with Gasteiger partial charge in [0.1, 0.15) is 5.75 Å². The number of carbonyl (C=O) groups excluding carboxylic acids is 1. The molecule has 0 bridgehead atoms. The van der Waals surface area contributed by atoms with Gasteiger partial charge in [0, 0.05) is 11.6 Å². The Morgan fingerprint density at radius 2 is 2.28 bits per heavy atom. The van der Waals surface area contributed by atoms with Gasteiger partial charge in [0.15, 0.2) is 6.61 Å². The van der Waals surface area contributed by atoms with E-state index in [0.29, 0.717) is 17.2 Å². The Kier molecular flexibility index (Phi) is 5.95. The summed E-state index contributed by atoms with van der Waals surface area (Å²) < 4.78 is 5.37. The molecule has 0 aliphatic heterocycles. The summed E-state index contributed by atoms with van der Waals surface area (Å²) in [5.41, 5.74) is 0.879. The number of nitrogens with one attached hydrogen (secondary N) is 1. The zero-order valence-electron chi connectivity index (χ0n) is 10.6. The van der Waals surface area contributed by atoms with Crippen LogP contribution in [0.2, 0.25) is 5.02 Å². The van der Waals surface area contributed by atoms with E-state index in [-0.39, 0.29) is 19.1 Å². The molecule has 5 heteroatoms. The highest BCUT2D eigenvalue weighted by Crippen LogP contribution is 2.21. The Labute approximate surface area is 112 Å². The number of rotatable bonds is 6. The van der Waals surface area contributed by atoms with Gasteiger partial charge in [-0.2, -0.15) is 0 Å². The Bertz CT molecular complexity index is 409. The van der Waals surface area contributed by atoms with Crippen LogP contribution in [-0.4, -0.2) is 30.3 Å². The van der Waals surface area contributed by atoms with Crippen molar-refractivity contribution in [3.8, 4) is 5.75 Å². The maximum Gasteiger partial charge on any atom is 0.258 e. The molecule has 4 nitrogen and oxygen atoms in total. The quantitative estimate of drug-likeness (QED) is 0.831. The number of hydrogen-bond donors (Lipinski definition) is 2. The molecule has 0 radical (unpaired) electrons. The third-order valence-electron chi connectivity index (χ3n) is 2.50. The Hall–Kier alpha value is -1.26. The predicted molar refractivity (Wildman–Crippen MR) is 71.0 cm³/mol. The van der Waals surface area contributed by atoms with Gasteiger partial charge in [0.25, 0.3) is 5.91 Å². The van der Waals surface area contributed by atoms with Gasteiger partial charge in [0.2, 0.25) is 0 Å². The smallest absolute Gasteiger partial charge is 0.258 e. The van der Waals surface area contributed by atoms with Gasteiger partial charge in [-0.3, -0.25) is 4.79 Å². The molecular weight excluding hydrogens is 254 g/mol. The number of halogens is 1. The van der Waals surface area contributed by atoms with Crippen molar-refractivity contribution in [2.24, 2.45) is 0 Å². The molecule has 0 heterocycles. The number of amides is 1. The van der Waals surface area contributed by atoms with Gasteiger partial charge >= 0.3 is 0 Å². The van der Waals surface area contributed by atoms with E-state index in [1.54, 1.807) is 18.2 Å². The summed E-state index contributed by atoms with van der Waals surface area (Å²) in [5.74, 6) is 0.377. The minimum atomic E-state index is -0.508. The van der Waals surface area contributed by atoms with Crippen LogP contribution in [0.5, 0.6) is 5.75 Å². The van der Waals surface area contributed by atoms with Crippen LogP contribution in [0, 0.1) is 6.92 Å². The van der Waals surface area contributed by atoms with Gasteiger partial charge in [-0.25, -0.2) is 0 Å². The lowest BCUT2D eigenvalue weighted by atomic mass is 10.2. The predicted octanol–water partition coefficient (Wildman–Crippen LogP) is 1.91. The average Bonchev–Trinajstić information content (AvgIpc) is 2.34. The van der Waals surface area contributed by atoms with Crippen LogP contribution in [0.4, 0.5) is 0 Å². The zero-order valence-corrected chi connectivity index (χ0v) is 11.3. The fourth-order valence-corrected chi connectivity index (χ4v) is 1.57. The Morgan fingerprint density at radius 3 is 2.89 bits per heavy atom. The normalized spacial score (nSPS) is 12.0. The maximum atomic E-state index is 11.4. The van der Waals surface area contributed by atoms with Crippen LogP contribution in [-0.2, 0) is 4.79 Å². The summed E-state index contributed by atoms with van der Waals surface area (Å²) in [6.45, 7) is 3.89.